The van der Waals surface area contributed by atoms with Crippen molar-refractivity contribution in [3.63, 3.8) is 0 Å². The van der Waals surface area contributed by atoms with Crippen LogP contribution in [-0.2, 0) is 5.41 Å². The Hall–Kier alpha value is -1.55. The third-order valence-electron chi connectivity index (χ3n) is 3.08. The number of aryl methyl sites for hydroxylation is 1. The van der Waals surface area contributed by atoms with Gasteiger partial charge in [-0.2, -0.15) is 0 Å². The Balaban J connectivity index is 2.30. The van der Waals surface area contributed by atoms with Crippen molar-refractivity contribution in [2.24, 2.45) is 0 Å². The van der Waals surface area contributed by atoms with Gasteiger partial charge in [0.1, 0.15) is 5.75 Å². The molecule has 2 aromatic rings. The van der Waals surface area contributed by atoms with E-state index in [0.29, 0.717) is 11.6 Å². The summed E-state index contributed by atoms with van der Waals surface area (Å²) in [5, 5.41) is 0. The van der Waals surface area contributed by atoms with Gasteiger partial charge in [-0.15, -0.1) is 0 Å². The fourth-order valence-electron chi connectivity index (χ4n) is 1.85. The Bertz CT molecular complexity index is 633. The molecule has 0 aliphatic rings. The maximum atomic E-state index is 5.85. The molecule has 0 bridgehead atoms. The van der Waals surface area contributed by atoms with Gasteiger partial charge in [-0.25, -0.2) is 4.98 Å². The van der Waals surface area contributed by atoms with Crippen LogP contribution in [0.2, 0.25) is 0 Å². The maximum Gasteiger partial charge on any atom is 0.233 e. The van der Waals surface area contributed by atoms with E-state index in [0.717, 1.165) is 15.8 Å². The molecule has 0 saturated heterocycles. The molecule has 0 aliphatic carbocycles. The average molecular weight is 335 g/mol. The van der Waals surface area contributed by atoms with Crippen molar-refractivity contribution in [3.8, 4) is 11.6 Å². The summed E-state index contributed by atoms with van der Waals surface area (Å²) in [6, 6.07) is 8.01. The summed E-state index contributed by atoms with van der Waals surface area (Å²) in [5.41, 5.74) is 8.77. The summed E-state index contributed by atoms with van der Waals surface area (Å²) < 4.78 is 6.60. The molecular formula is C16H19BrN2O. The van der Waals surface area contributed by atoms with Crippen LogP contribution in [0.25, 0.3) is 0 Å². The Kier molecular flexibility index (Phi) is 4.04. The zero-order valence-electron chi connectivity index (χ0n) is 12.2. The normalized spacial score (nSPS) is 11.4. The highest BCUT2D eigenvalue weighted by molar-refractivity contribution is 9.10. The fourth-order valence-corrected chi connectivity index (χ4v) is 2.30. The minimum atomic E-state index is 0.128. The average Bonchev–Trinajstić information content (AvgIpc) is 2.33. The second-order valence-corrected chi connectivity index (χ2v) is 6.74. The van der Waals surface area contributed by atoms with Crippen molar-refractivity contribution in [1.29, 1.82) is 0 Å². The van der Waals surface area contributed by atoms with E-state index in [-0.39, 0.29) is 5.41 Å². The van der Waals surface area contributed by atoms with Crippen molar-refractivity contribution in [2.75, 3.05) is 5.73 Å². The highest BCUT2D eigenvalue weighted by Gasteiger charge is 2.15. The number of aromatic nitrogens is 1. The van der Waals surface area contributed by atoms with E-state index < -0.39 is 0 Å². The van der Waals surface area contributed by atoms with Gasteiger partial charge in [0.2, 0.25) is 5.88 Å². The first-order valence-electron chi connectivity index (χ1n) is 6.47. The molecule has 106 valence electrons. The van der Waals surface area contributed by atoms with E-state index in [1.165, 1.54) is 5.56 Å². The molecule has 20 heavy (non-hydrogen) atoms. The summed E-state index contributed by atoms with van der Waals surface area (Å²) in [7, 11) is 0. The van der Waals surface area contributed by atoms with Crippen molar-refractivity contribution in [2.45, 2.75) is 33.1 Å². The van der Waals surface area contributed by atoms with Gasteiger partial charge in [0.05, 0.1) is 16.4 Å². The highest BCUT2D eigenvalue weighted by atomic mass is 79.9. The Morgan fingerprint density at radius 3 is 2.45 bits per heavy atom. The number of nitrogens with zero attached hydrogens (tertiary/aromatic N) is 1. The number of rotatable bonds is 2. The lowest BCUT2D eigenvalue weighted by molar-refractivity contribution is 0.455. The number of ether oxygens (including phenoxy) is 1. The Morgan fingerprint density at radius 1 is 1.20 bits per heavy atom. The number of benzene rings is 1. The van der Waals surface area contributed by atoms with E-state index >= 15 is 0 Å². The molecule has 3 nitrogen and oxygen atoms in total. The van der Waals surface area contributed by atoms with Gasteiger partial charge in [0.15, 0.2) is 0 Å². The number of nitrogens with two attached hydrogens (primary N) is 1. The number of hydrogen-bond donors (Lipinski definition) is 1. The van der Waals surface area contributed by atoms with Crippen LogP contribution in [0, 0.1) is 6.92 Å². The predicted octanol–water partition coefficient (Wildman–Crippen LogP) is 4.82. The molecule has 2 N–H and O–H groups in total. The Labute approximate surface area is 128 Å². The van der Waals surface area contributed by atoms with Crippen LogP contribution in [0.15, 0.2) is 34.9 Å². The number of hydrogen-bond acceptors (Lipinski definition) is 3. The third-order valence-corrected chi connectivity index (χ3v) is 3.64. The van der Waals surface area contributed by atoms with Crippen LogP contribution in [0.5, 0.6) is 11.6 Å². The van der Waals surface area contributed by atoms with Crippen LogP contribution in [0.4, 0.5) is 5.69 Å². The van der Waals surface area contributed by atoms with E-state index in [9.17, 15) is 0 Å². The van der Waals surface area contributed by atoms with E-state index in [4.69, 9.17) is 10.5 Å². The fraction of sp³-hybridized carbons (Fsp3) is 0.312. The van der Waals surface area contributed by atoms with Gasteiger partial charge in [-0.3, -0.25) is 0 Å². The SMILES string of the molecule is Cc1cc(C(C)(C)C)ccc1Oc1ncc(N)cc1Br. The van der Waals surface area contributed by atoms with Gasteiger partial charge in [-0.1, -0.05) is 32.9 Å². The minimum absolute atomic E-state index is 0.128. The van der Waals surface area contributed by atoms with Crippen molar-refractivity contribution >= 4 is 21.6 Å². The minimum Gasteiger partial charge on any atom is -0.438 e. The highest BCUT2D eigenvalue weighted by Crippen LogP contribution is 2.32. The number of halogens is 1. The summed E-state index contributed by atoms with van der Waals surface area (Å²) in [4.78, 5) is 4.19. The van der Waals surface area contributed by atoms with E-state index in [2.05, 4.69) is 53.8 Å². The first-order chi connectivity index (χ1) is 9.27. The standard InChI is InChI=1S/C16H19BrN2O/c1-10-7-11(16(2,3)4)5-6-14(10)20-15-13(17)8-12(18)9-19-15/h5-9H,18H2,1-4H3. The zero-order chi connectivity index (χ0) is 14.9. The van der Waals surface area contributed by atoms with Crippen LogP contribution in [-0.4, -0.2) is 4.98 Å². The molecule has 0 aliphatic heterocycles. The maximum absolute atomic E-state index is 5.85. The summed E-state index contributed by atoms with van der Waals surface area (Å²) >= 11 is 3.41. The van der Waals surface area contributed by atoms with Crippen LogP contribution in [0.1, 0.15) is 31.9 Å². The zero-order valence-corrected chi connectivity index (χ0v) is 13.8. The predicted molar refractivity (Wildman–Crippen MR) is 86.3 cm³/mol. The van der Waals surface area contributed by atoms with Gasteiger partial charge >= 0.3 is 0 Å². The smallest absolute Gasteiger partial charge is 0.233 e. The van der Waals surface area contributed by atoms with E-state index in [1.54, 1.807) is 12.3 Å². The van der Waals surface area contributed by atoms with Gasteiger partial charge in [0.25, 0.3) is 0 Å². The first kappa shape index (κ1) is 14.9. The largest absolute Gasteiger partial charge is 0.438 e. The quantitative estimate of drug-likeness (QED) is 0.855. The molecule has 1 heterocycles. The van der Waals surface area contributed by atoms with Crippen LogP contribution < -0.4 is 10.5 Å². The van der Waals surface area contributed by atoms with Gasteiger partial charge in [0, 0.05) is 0 Å². The summed E-state index contributed by atoms with van der Waals surface area (Å²) in [6.07, 6.45) is 1.58. The molecule has 0 atom stereocenters. The lowest BCUT2D eigenvalue weighted by atomic mass is 9.86. The van der Waals surface area contributed by atoms with Crippen LogP contribution >= 0.6 is 15.9 Å². The molecule has 4 heteroatoms. The van der Waals surface area contributed by atoms with Gasteiger partial charge in [-0.05, 0) is 51.5 Å². The summed E-state index contributed by atoms with van der Waals surface area (Å²) in [6.45, 7) is 8.62. The molecule has 1 aromatic carbocycles. The molecular weight excluding hydrogens is 316 g/mol. The second-order valence-electron chi connectivity index (χ2n) is 5.89. The molecule has 0 saturated carbocycles. The number of nitrogen functional groups attached to an aromatic ring is 1. The summed E-state index contributed by atoms with van der Waals surface area (Å²) in [5.74, 6) is 1.32. The van der Waals surface area contributed by atoms with Crippen molar-refractivity contribution < 1.29 is 4.74 Å². The lowest BCUT2D eigenvalue weighted by Gasteiger charge is -2.20. The second kappa shape index (κ2) is 5.44. The first-order valence-corrected chi connectivity index (χ1v) is 7.26. The third kappa shape index (κ3) is 3.31. The molecule has 1 aromatic heterocycles. The van der Waals surface area contributed by atoms with Crippen molar-refractivity contribution in [3.05, 3.63) is 46.1 Å². The lowest BCUT2D eigenvalue weighted by Crippen LogP contribution is -2.11. The number of anilines is 1. The molecule has 0 unspecified atom stereocenters. The van der Waals surface area contributed by atoms with E-state index in [1.807, 2.05) is 13.0 Å². The van der Waals surface area contributed by atoms with Crippen molar-refractivity contribution in [1.82, 2.24) is 4.98 Å². The monoisotopic (exact) mass is 334 g/mol. The molecule has 2 rings (SSSR count). The molecule has 0 amide bonds. The topological polar surface area (TPSA) is 48.1 Å². The molecule has 0 radical (unpaired) electrons. The number of pyridine rings is 1. The Morgan fingerprint density at radius 2 is 1.90 bits per heavy atom. The van der Waals surface area contributed by atoms with Gasteiger partial charge < -0.3 is 10.5 Å². The van der Waals surface area contributed by atoms with Crippen LogP contribution in [0.3, 0.4) is 0 Å². The molecule has 0 fully saturated rings. The molecule has 0 spiro atoms.